The van der Waals surface area contributed by atoms with E-state index in [0.717, 1.165) is 30.5 Å². The highest BCUT2D eigenvalue weighted by molar-refractivity contribution is 5.68. The van der Waals surface area contributed by atoms with E-state index >= 15 is 0 Å². The van der Waals surface area contributed by atoms with Gasteiger partial charge in [-0.1, -0.05) is 6.07 Å². The highest BCUT2D eigenvalue weighted by atomic mass is 19.1. The lowest BCUT2D eigenvalue weighted by atomic mass is 9.88. The predicted octanol–water partition coefficient (Wildman–Crippen LogP) is 4.25. The van der Waals surface area contributed by atoms with Crippen molar-refractivity contribution < 1.29 is 13.9 Å². The van der Waals surface area contributed by atoms with Crippen LogP contribution in [0.15, 0.2) is 18.2 Å². The predicted molar refractivity (Wildman–Crippen MR) is 80.9 cm³/mol. The maximum atomic E-state index is 13.2. The van der Waals surface area contributed by atoms with Gasteiger partial charge in [-0.3, -0.25) is 0 Å². The summed E-state index contributed by atoms with van der Waals surface area (Å²) in [7, 11) is 0. The number of rotatable bonds is 1. The van der Waals surface area contributed by atoms with Gasteiger partial charge in [0, 0.05) is 19.0 Å². The number of aryl methyl sites for hydroxylation is 1. The molecule has 0 spiro atoms. The van der Waals surface area contributed by atoms with Crippen LogP contribution in [0.5, 0.6) is 0 Å². The molecule has 0 bridgehead atoms. The molecule has 2 rings (SSSR count). The number of amides is 1. The summed E-state index contributed by atoms with van der Waals surface area (Å²) in [6.07, 6.45) is 1.71. The van der Waals surface area contributed by atoms with Gasteiger partial charge in [0.1, 0.15) is 11.4 Å². The van der Waals surface area contributed by atoms with Crippen molar-refractivity contribution in [2.45, 2.75) is 52.1 Å². The maximum Gasteiger partial charge on any atom is 0.410 e. The minimum atomic E-state index is -0.476. The summed E-state index contributed by atoms with van der Waals surface area (Å²) >= 11 is 0. The number of hydrogen-bond acceptors (Lipinski definition) is 2. The highest BCUT2D eigenvalue weighted by Gasteiger charge is 2.28. The monoisotopic (exact) mass is 293 g/mol. The van der Waals surface area contributed by atoms with Crippen LogP contribution < -0.4 is 0 Å². The molecule has 0 radical (unpaired) electrons. The van der Waals surface area contributed by atoms with E-state index in [1.54, 1.807) is 11.0 Å². The number of carbonyl (C=O) groups is 1. The molecule has 4 heteroatoms. The number of benzene rings is 1. The van der Waals surface area contributed by atoms with Crippen molar-refractivity contribution in [2.24, 2.45) is 0 Å². The first kappa shape index (κ1) is 15.8. The third kappa shape index (κ3) is 4.19. The summed E-state index contributed by atoms with van der Waals surface area (Å²) < 4.78 is 18.7. The fraction of sp³-hybridized carbons (Fsp3) is 0.588. The molecule has 1 heterocycles. The second-order valence-electron chi connectivity index (χ2n) is 6.77. The summed E-state index contributed by atoms with van der Waals surface area (Å²) in [6, 6.07) is 4.89. The Morgan fingerprint density at radius 1 is 1.38 bits per heavy atom. The standard InChI is InChI=1S/C17H24FNO2/c1-12-10-14(18)7-8-15(12)13-6-5-9-19(11-13)16(20)21-17(2,3)4/h7-8,10,13H,5-6,9,11H2,1-4H3/t13-/m1/s1. The van der Waals surface area contributed by atoms with Crippen molar-refractivity contribution in [3.8, 4) is 0 Å². The van der Waals surface area contributed by atoms with Gasteiger partial charge >= 0.3 is 6.09 Å². The summed E-state index contributed by atoms with van der Waals surface area (Å²) in [4.78, 5) is 13.9. The Hall–Kier alpha value is -1.58. The van der Waals surface area contributed by atoms with Gasteiger partial charge < -0.3 is 9.64 Å². The molecule has 0 saturated carbocycles. The van der Waals surface area contributed by atoms with Crippen LogP contribution in [0.1, 0.15) is 50.7 Å². The van der Waals surface area contributed by atoms with Crippen molar-refractivity contribution in [3.05, 3.63) is 35.1 Å². The molecule has 0 N–H and O–H groups in total. The minimum absolute atomic E-state index is 0.212. The van der Waals surface area contributed by atoms with E-state index in [4.69, 9.17) is 4.74 Å². The Kier molecular flexibility index (Phi) is 4.55. The molecule has 3 nitrogen and oxygen atoms in total. The third-order valence-electron chi connectivity index (χ3n) is 3.74. The molecular weight excluding hydrogens is 269 g/mol. The van der Waals surface area contributed by atoms with Gasteiger partial charge in [0.25, 0.3) is 0 Å². The lowest BCUT2D eigenvalue weighted by Crippen LogP contribution is -2.42. The maximum absolute atomic E-state index is 13.2. The first-order chi connectivity index (χ1) is 9.76. The number of piperidine rings is 1. The fourth-order valence-electron chi connectivity index (χ4n) is 2.82. The second kappa shape index (κ2) is 6.04. The van der Waals surface area contributed by atoms with E-state index in [1.165, 1.54) is 6.07 Å². The van der Waals surface area contributed by atoms with E-state index in [0.29, 0.717) is 6.54 Å². The van der Waals surface area contributed by atoms with Gasteiger partial charge in [0.2, 0.25) is 0 Å². The quantitative estimate of drug-likeness (QED) is 0.774. The van der Waals surface area contributed by atoms with E-state index in [2.05, 4.69) is 0 Å². The van der Waals surface area contributed by atoms with Crippen LogP contribution in [-0.2, 0) is 4.74 Å². The largest absolute Gasteiger partial charge is 0.444 e. The van der Waals surface area contributed by atoms with Gasteiger partial charge in [-0.2, -0.15) is 0 Å². The minimum Gasteiger partial charge on any atom is -0.444 e. The van der Waals surface area contributed by atoms with Crippen molar-refractivity contribution in [1.82, 2.24) is 4.90 Å². The summed E-state index contributed by atoms with van der Waals surface area (Å²) in [5, 5.41) is 0. The SMILES string of the molecule is Cc1cc(F)ccc1[C@@H]1CCCN(C(=O)OC(C)(C)C)C1. The normalized spacial score (nSPS) is 19.5. The number of ether oxygens (including phenoxy) is 1. The average Bonchev–Trinajstić information content (AvgIpc) is 2.37. The molecule has 0 aliphatic carbocycles. The Morgan fingerprint density at radius 2 is 2.10 bits per heavy atom. The molecule has 0 aromatic heterocycles. The Morgan fingerprint density at radius 3 is 2.71 bits per heavy atom. The molecular formula is C17H24FNO2. The molecule has 1 saturated heterocycles. The van der Waals surface area contributed by atoms with E-state index in [1.807, 2.05) is 33.8 Å². The van der Waals surface area contributed by atoms with Crippen molar-refractivity contribution >= 4 is 6.09 Å². The number of hydrogen-bond donors (Lipinski definition) is 0. The lowest BCUT2D eigenvalue weighted by Gasteiger charge is -2.34. The number of nitrogens with zero attached hydrogens (tertiary/aromatic N) is 1. The zero-order valence-corrected chi connectivity index (χ0v) is 13.3. The van der Waals surface area contributed by atoms with Crippen molar-refractivity contribution in [3.63, 3.8) is 0 Å². The van der Waals surface area contributed by atoms with Gasteiger partial charge in [-0.15, -0.1) is 0 Å². The van der Waals surface area contributed by atoms with E-state index in [9.17, 15) is 9.18 Å². The molecule has 21 heavy (non-hydrogen) atoms. The van der Waals surface area contributed by atoms with E-state index < -0.39 is 5.60 Å². The molecule has 1 aliphatic rings. The van der Waals surface area contributed by atoms with Gasteiger partial charge in [0.05, 0.1) is 0 Å². The topological polar surface area (TPSA) is 29.5 Å². The van der Waals surface area contributed by atoms with Crippen LogP contribution in [0.2, 0.25) is 0 Å². The molecule has 1 aromatic rings. The highest BCUT2D eigenvalue weighted by Crippen LogP contribution is 2.30. The first-order valence-electron chi connectivity index (χ1n) is 7.50. The summed E-state index contributed by atoms with van der Waals surface area (Å²) in [5.41, 5.74) is 1.60. The van der Waals surface area contributed by atoms with E-state index in [-0.39, 0.29) is 17.8 Å². The van der Waals surface area contributed by atoms with Gasteiger partial charge in [-0.25, -0.2) is 9.18 Å². The number of likely N-dealkylation sites (tertiary alicyclic amines) is 1. The van der Waals surface area contributed by atoms with Crippen LogP contribution in [0, 0.1) is 12.7 Å². The van der Waals surface area contributed by atoms with Gasteiger partial charge in [-0.05, 0) is 63.8 Å². The Bertz CT molecular complexity index is 522. The smallest absolute Gasteiger partial charge is 0.410 e. The third-order valence-corrected chi connectivity index (χ3v) is 3.74. The van der Waals surface area contributed by atoms with Crippen LogP contribution in [0.3, 0.4) is 0 Å². The zero-order chi connectivity index (χ0) is 15.6. The van der Waals surface area contributed by atoms with Crippen molar-refractivity contribution in [1.29, 1.82) is 0 Å². The first-order valence-corrected chi connectivity index (χ1v) is 7.50. The number of halogens is 1. The molecule has 1 atom stereocenters. The molecule has 1 aromatic carbocycles. The summed E-state index contributed by atoms with van der Waals surface area (Å²) in [5.74, 6) is 0.0444. The van der Waals surface area contributed by atoms with Gasteiger partial charge in [0.15, 0.2) is 0 Å². The molecule has 0 unspecified atom stereocenters. The lowest BCUT2D eigenvalue weighted by molar-refractivity contribution is 0.0198. The van der Waals surface area contributed by atoms with Crippen LogP contribution in [-0.4, -0.2) is 29.7 Å². The molecule has 1 aliphatic heterocycles. The van der Waals surface area contributed by atoms with Crippen LogP contribution >= 0.6 is 0 Å². The Labute approximate surface area is 126 Å². The molecule has 1 amide bonds. The average molecular weight is 293 g/mol. The van der Waals surface area contributed by atoms with Crippen LogP contribution in [0.4, 0.5) is 9.18 Å². The fourth-order valence-corrected chi connectivity index (χ4v) is 2.82. The Balaban J connectivity index is 2.08. The zero-order valence-electron chi connectivity index (χ0n) is 13.3. The number of carbonyl (C=O) groups excluding carboxylic acids is 1. The summed E-state index contributed by atoms with van der Waals surface area (Å²) in [6.45, 7) is 8.90. The second-order valence-corrected chi connectivity index (χ2v) is 6.77. The van der Waals surface area contributed by atoms with Crippen LogP contribution in [0.25, 0.3) is 0 Å². The molecule has 116 valence electrons. The van der Waals surface area contributed by atoms with Crippen molar-refractivity contribution in [2.75, 3.05) is 13.1 Å². The molecule has 1 fully saturated rings.